The van der Waals surface area contributed by atoms with E-state index in [0.29, 0.717) is 11.1 Å². The number of hydrogen-bond acceptors (Lipinski definition) is 6. The van der Waals surface area contributed by atoms with E-state index in [0.717, 1.165) is 89.2 Å². The molecule has 2 fully saturated rings. The van der Waals surface area contributed by atoms with E-state index in [1.807, 2.05) is 0 Å². The highest BCUT2D eigenvalue weighted by Gasteiger charge is 2.16. The van der Waals surface area contributed by atoms with E-state index in [4.69, 9.17) is 0 Å². The molecule has 1 aromatic carbocycles. The predicted molar refractivity (Wildman–Crippen MR) is 128 cm³/mol. The van der Waals surface area contributed by atoms with Crippen molar-refractivity contribution >= 4 is 23.2 Å². The van der Waals surface area contributed by atoms with Crippen molar-refractivity contribution in [1.29, 1.82) is 0 Å². The summed E-state index contributed by atoms with van der Waals surface area (Å²) in [5.41, 5.74) is 8.31. The minimum absolute atomic E-state index is 0.264. The Morgan fingerprint density at radius 3 is 1.38 bits per heavy atom. The second kappa shape index (κ2) is 12.5. The molecule has 0 atom stereocenters. The summed E-state index contributed by atoms with van der Waals surface area (Å²) >= 11 is 0. The van der Waals surface area contributed by atoms with Crippen LogP contribution in [0.2, 0.25) is 0 Å². The Morgan fingerprint density at radius 1 is 0.719 bits per heavy atom. The molecule has 1 aromatic rings. The maximum absolute atomic E-state index is 12.4. The molecule has 0 radical (unpaired) electrons. The molecule has 174 valence electrons. The largest absolute Gasteiger partial charge is 0.303 e. The molecule has 0 unspecified atom stereocenters. The Hall–Kier alpha value is -2.58. The lowest BCUT2D eigenvalue weighted by molar-refractivity contribution is 0.0942. The number of piperidine rings is 2. The fraction of sp³-hybridized carbons (Fsp3) is 0.583. The zero-order valence-electron chi connectivity index (χ0n) is 19.4. The normalized spacial score (nSPS) is 17.7. The van der Waals surface area contributed by atoms with E-state index in [9.17, 15) is 9.59 Å². The Labute approximate surface area is 191 Å². The van der Waals surface area contributed by atoms with Crippen molar-refractivity contribution in [2.75, 3.05) is 39.3 Å². The lowest BCUT2D eigenvalue weighted by Crippen LogP contribution is -2.35. The van der Waals surface area contributed by atoms with Crippen LogP contribution < -0.4 is 10.9 Å². The third-order valence-electron chi connectivity index (χ3n) is 5.99. The van der Waals surface area contributed by atoms with Crippen molar-refractivity contribution in [3.63, 3.8) is 0 Å². The van der Waals surface area contributed by atoms with E-state index < -0.39 is 0 Å². The third kappa shape index (κ3) is 7.24. The molecule has 8 heteroatoms. The van der Waals surface area contributed by atoms with Gasteiger partial charge in [-0.3, -0.25) is 9.59 Å². The number of nitrogens with zero attached hydrogens (tertiary/aromatic N) is 4. The Balaban J connectivity index is 1.45. The van der Waals surface area contributed by atoms with Crippen molar-refractivity contribution in [3.8, 4) is 0 Å². The lowest BCUT2D eigenvalue weighted by atomic mass is 10.1. The number of benzene rings is 1. The number of carbonyl (C=O) groups excluding carboxylic acids is 2. The minimum atomic E-state index is -0.264. The second-order valence-electron chi connectivity index (χ2n) is 8.50. The van der Waals surface area contributed by atoms with Crippen LogP contribution in [-0.2, 0) is 0 Å². The van der Waals surface area contributed by atoms with Gasteiger partial charge in [-0.1, -0.05) is 13.8 Å². The number of nitrogens with one attached hydrogen (secondary N) is 2. The second-order valence-corrected chi connectivity index (χ2v) is 8.50. The fourth-order valence-corrected chi connectivity index (χ4v) is 4.09. The number of likely N-dealkylation sites (tertiary alicyclic amines) is 2. The van der Waals surface area contributed by atoms with Crippen molar-refractivity contribution in [2.24, 2.45) is 10.2 Å². The van der Waals surface area contributed by atoms with E-state index in [-0.39, 0.29) is 11.8 Å². The topological polar surface area (TPSA) is 89.4 Å². The average Bonchev–Trinajstić information content (AvgIpc) is 2.83. The van der Waals surface area contributed by atoms with Crippen LogP contribution in [0.4, 0.5) is 0 Å². The van der Waals surface area contributed by atoms with Gasteiger partial charge in [-0.15, -0.1) is 0 Å². The molecule has 2 heterocycles. The van der Waals surface area contributed by atoms with Gasteiger partial charge in [0.2, 0.25) is 0 Å². The summed E-state index contributed by atoms with van der Waals surface area (Å²) in [6.45, 7) is 10.6. The van der Waals surface area contributed by atoms with Gasteiger partial charge >= 0.3 is 0 Å². The van der Waals surface area contributed by atoms with Crippen molar-refractivity contribution in [3.05, 3.63) is 35.4 Å². The first kappa shape index (κ1) is 24.1. The number of hydrazone groups is 2. The van der Waals surface area contributed by atoms with E-state index in [1.54, 1.807) is 24.3 Å². The van der Waals surface area contributed by atoms with Crippen LogP contribution in [0.25, 0.3) is 0 Å². The first-order valence-corrected chi connectivity index (χ1v) is 11.8. The van der Waals surface area contributed by atoms with Crippen LogP contribution in [0, 0.1) is 0 Å². The highest BCUT2D eigenvalue weighted by molar-refractivity contribution is 5.99. The van der Waals surface area contributed by atoms with E-state index >= 15 is 0 Å². The number of rotatable bonds is 8. The zero-order valence-corrected chi connectivity index (χ0v) is 19.4. The minimum Gasteiger partial charge on any atom is -0.303 e. The molecule has 2 amide bonds. The molecular weight excluding hydrogens is 404 g/mol. The third-order valence-corrected chi connectivity index (χ3v) is 5.99. The molecule has 32 heavy (non-hydrogen) atoms. The van der Waals surface area contributed by atoms with Gasteiger partial charge in [-0.25, -0.2) is 10.9 Å². The van der Waals surface area contributed by atoms with Gasteiger partial charge in [0, 0.05) is 74.4 Å². The lowest BCUT2D eigenvalue weighted by Gasteiger charge is -2.26. The number of carbonyl (C=O) groups is 2. The van der Waals surface area contributed by atoms with Crippen LogP contribution in [0.15, 0.2) is 34.5 Å². The summed E-state index contributed by atoms with van der Waals surface area (Å²) < 4.78 is 0. The van der Waals surface area contributed by atoms with Crippen molar-refractivity contribution in [2.45, 2.75) is 52.4 Å². The maximum Gasteiger partial charge on any atom is 0.271 e. The molecule has 3 rings (SSSR count). The van der Waals surface area contributed by atoms with Gasteiger partial charge in [0.25, 0.3) is 11.8 Å². The van der Waals surface area contributed by atoms with Gasteiger partial charge in [-0.05, 0) is 50.2 Å². The first-order chi connectivity index (χ1) is 15.6. The van der Waals surface area contributed by atoms with Gasteiger partial charge in [-0.2, -0.15) is 10.2 Å². The fourth-order valence-electron chi connectivity index (χ4n) is 4.09. The van der Waals surface area contributed by atoms with Crippen LogP contribution in [0.5, 0.6) is 0 Å². The quantitative estimate of drug-likeness (QED) is 0.609. The molecule has 0 spiro atoms. The van der Waals surface area contributed by atoms with Crippen LogP contribution in [-0.4, -0.2) is 72.3 Å². The summed E-state index contributed by atoms with van der Waals surface area (Å²) in [6, 6.07) is 6.57. The van der Waals surface area contributed by atoms with Gasteiger partial charge in [0.1, 0.15) is 0 Å². The standard InChI is InChI=1S/C24H36N6O2/c1-3-13-29-15-9-21(10-16-29)25-27-23(31)19-5-7-20(8-6-19)24(32)28-26-22-11-17-30(14-4-2)18-12-22/h5-8H,3-4,9-18H2,1-2H3,(H,27,31)(H,28,32). The van der Waals surface area contributed by atoms with E-state index in [1.165, 1.54) is 0 Å². The summed E-state index contributed by atoms with van der Waals surface area (Å²) in [7, 11) is 0. The molecule has 0 bridgehead atoms. The summed E-state index contributed by atoms with van der Waals surface area (Å²) in [5, 5.41) is 8.60. The summed E-state index contributed by atoms with van der Waals surface area (Å²) in [4.78, 5) is 29.6. The predicted octanol–water partition coefficient (Wildman–Crippen LogP) is 2.87. The van der Waals surface area contributed by atoms with Gasteiger partial charge < -0.3 is 9.80 Å². The summed E-state index contributed by atoms with van der Waals surface area (Å²) in [6.07, 6.45) is 5.86. The SMILES string of the molecule is CCCN1CCC(=NNC(=O)c2ccc(C(=O)NN=C3CCN(CCC)CC3)cc2)CC1. The molecule has 2 N–H and O–H groups in total. The molecule has 8 nitrogen and oxygen atoms in total. The number of amides is 2. The first-order valence-electron chi connectivity index (χ1n) is 11.8. The molecule has 2 aliphatic heterocycles. The number of hydrogen-bond donors (Lipinski definition) is 2. The molecule has 0 saturated carbocycles. The van der Waals surface area contributed by atoms with Gasteiger partial charge in [0.15, 0.2) is 0 Å². The van der Waals surface area contributed by atoms with Crippen molar-refractivity contribution < 1.29 is 9.59 Å². The zero-order chi connectivity index (χ0) is 22.8. The Bertz CT molecular complexity index is 744. The molecule has 2 saturated heterocycles. The van der Waals surface area contributed by atoms with Crippen molar-refractivity contribution in [1.82, 2.24) is 20.7 Å². The molecular formula is C24H36N6O2. The van der Waals surface area contributed by atoms with Crippen LogP contribution >= 0.6 is 0 Å². The molecule has 0 aromatic heterocycles. The highest BCUT2D eigenvalue weighted by Crippen LogP contribution is 2.10. The van der Waals surface area contributed by atoms with Crippen LogP contribution in [0.1, 0.15) is 73.1 Å². The average molecular weight is 441 g/mol. The Morgan fingerprint density at radius 2 is 1.06 bits per heavy atom. The van der Waals surface area contributed by atoms with Crippen LogP contribution in [0.3, 0.4) is 0 Å². The maximum atomic E-state index is 12.4. The Kier molecular flexibility index (Phi) is 9.37. The molecule has 0 aliphatic carbocycles. The summed E-state index contributed by atoms with van der Waals surface area (Å²) in [5.74, 6) is -0.529. The smallest absolute Gasteiger partial charge is 0.271 e. The monoisotopic (exact) mass is 440 g/mol. The highest BCUT2D eigenvalue weighted by atomic mass is 16.2. The van der Waals surface area contributed by atoms with E-state index in [2.05, 4.69) is 44.7 Å². The van der Waals surface area contributed by atoms with Gasteiger partial charge in [0.05, 0.1) is 0 Å². The molecule has 2 aliphatic rings.